The second-order valence-corrected chi connectivity index (χ2v) is 7.51. The van der Waals surface area contributed by atoms with E-state index in [0.717, 1.165) is 43.9 Å². The second kappa shape index (κ2) is 8.82. The molecular weight excluding hydrogens is 402 g/mol. The van der Waals surface area contributed by atoms with Crippen LogP contribution in [0.15, 0.2) is 24.3 Å². The highest BCUT2D eigenvalue weighted by molar-refractivity contribution is 5.91. The highest BCUT2D eigenvalue weighted by Crippen LogP contribution is 2.22. The smallest absolute Gasteiger partial charge is 0.312 e. The lowest BCUT2D eigenvalue weighted by atomic mass is 10.3. The van der Waals surface area contributed by atoms with Crippen molar-refractivity contribution in [1.29, 1.82) is 0 Å². The van der Waals surface area contributed by atoms with Crippen LogP contribution in [0.25, 0.3) is 11.0 Å². The highest BCUT2D eigenvalue weighted by Gasteiger charge is 2.23. The number of aromatic nitrogens is 4. The Bertz CT molecular complexity index is 1110. The number of carbonyl (C=O) groups is 1. The molecule has 1 amide bonds. The van der Waals surface area contributed by atoms with Gasteiger partial charge in [0.15, 0.2) is 0 Å². The lowest BCUT2D eigenvalue weighted by Gasteiger charge is -2.26. The van der Waals surface area contributed by atoms with Crippen LogP contribution < -0.4 is 5.32 Å². The van der Waals surface area contributed by atoms with Crippen molar-refractivity contribution >= 4 is 28.6 Å². The molecule has 0 spiro atoms. The van der Waals surface area contributed by atoms with Crippen LogP contribution in [0.5, 0.6) is 0 Å². The van der Waals surface area contributed by atoms with E-state index in [-0.39, 0.29) is 23.8 Å². The zero-order valence-corrected chi connectivity index (χ0v) is 17.6. The molecule has 0 unspecified atom stereocenters. The first kappa shape index (κ1) is 20.9. The minimum Gasteiger partial charge on any atom is -0.379 e. The van der Waals surface area contributed by atoms with E-state index in [4.69, 9.17) is 4.74 Å². The zero-order valence-electron chi connectivity index (χ0n) is 17.6. The lowest BCUT2D eigenvalue weighted by Crippen LogP contribution is -2.38. The summed E-state index contributed by atoms with van der Waals surface area (Å²) >= 11 is 0. The van der Waals surface area contributed by atoms with Gasteiger partial charge in [-0.2, -0.15) is 5.10 Å². The number of ether oxygens (including phenoxy) is 1. The Hall–Kier alpha value is -3.31. The van der Waals surface area contributed by atoms with Crippen molar-refractivity contribution in [3.8, 4) is 0 Å². The molecule has 1 aliphatic heterocycles. The number of hydrogen-bond acceptors (Lipinski definition) is 7. The molecule has 0 bridgehead atoms. The fourth-order valence-electron chi connectivity index (χ4n) is 3.87. The van der Waals surface area contributed by atoms with E-state index in [2.05, 4.69) is 20.3 Å². The van der Waals surface area contributed by atoms with Gasteiger partial charge in [-0.15, -0.1) is 0 Å². The molecule has 11 heteroatoms. The normalized spacial score (nSPS) is 14.8. The van der Waals surface area contributed by atoms with E-state index < -0.39 is 4.92 Å². The van der Waals surface area contributed by atoms with E-state index in [0.29, 0.717) is 18.2 Å². The van der Waals surface area contributed by atoms with Crippen LogP contribution in [0, 0.1) is 24.0 Å². The molecule has 3 heterocycles. The predicted molar refractivity (Wildman–Crippen MR) is 114 cm³/mol. The van der Waals surface area contributed by atoms with Crippen LogP contribution >= 0.6 is 0 Å². The van der Waals surface area contributed by atoms with E-state index in [1.807, 2.05) is 28.8 Å². The quantitative estimate of drug-likeness (QED) is 0.450. The molecule has 3 aromatic rings. The number of carbonyl (C=O) groups excluding carboxylic acids is 1. The molecule has 1 aliphatic rings. The van der Waals surface area contributed by atoms with Crippen molar-refractivity contribution in [2.75, 3.05) is 38.2 Å². The monoisotopic (exact) mass is 427 g/mol. The molecule has 4 rings (SSSR count). The van der Waals surface area contributed by atoms with Gasteiger partial charge in [0.05, 0.1) is 29.2 Å². The number of hydrogen-bond donors (Lipinski definition) is 1. The molecule has 0 saturated carbocycles. The third-order valence-corrected chi connectivity index (χ3v) is 5.47. The SMILES string of the molecule is Cc1nn(CC(=O)Nc2nc3ccccc3n2CCN2CCOCC2)c(C)c1[N+](=O)[O-]. The molecular formula is C20H25N7O4. The van der Waals surface area contributed by atoms with Crippen LogP contribution in [-0.2, 0) is 22.6 Å². The lowest BCUT2D eigenvalue weighted by molar-refractivity contribution is -0.386. The molecule has 1 N–H and O–H groups in total. The Kier molecular flexibility index (Phi) is 5.96. The van der Waals surface area contributed by atoms with Gasteiger partial charge in [-0.1, -0.05) is 12.1 Å². The first-order chi connectivity index (χ1) is 14.9. The van der Waals surface area contributed by atoms with Crippen molar-refractivity contribution in [2.45, 2.75) is 26.9 Å². The van der Waals surface area contributed by atoms with Crippen LogP contribution in [0.2, 0.25) is 0 Å². The molecule has 2 aromatic heterocycles. The number of nitrogens with zero attached hydrogens (tertiary/aromatic N) is 6. The molecule has 1 aromatic carbocycles. The number of aryl methyl sites for hydroxylation is 1. The van der Waals surface area contributed by atoms with Gasteiger partial charge in [0.25, 0.3) is 0 Å². The van der Waals surface area contributed by atoms with Crippen LogP contribution in [0.3, 0.4) is 0 Å². The van der Waals surface area contributed by atoms with E-state index >= 15 is 0 Å². The number of anilines is 1. The summed E-state index contributed by atoms with van der Waals surface area (Å²) in [6.07, 6.45) is 0. The molecule has 0 radical (unpaired) electrons. The Labute approximate surface area is 178 Å². The van der Waals surface area contributed by atoms with Gasteiger partial charge in [-0.05, 0) is 26.0 Å². The first-order valence-corrected chi connectivity index (χ1v) is 10.2. The van der Waals surface area contributed by atoms with Gasteiger partial charge in [-0.25, -0.2) is 4.98 Å². The van der Waals surface area contributed by atoms with E-state index in [1.54, 1.807) is 13.8 Å². The Morgan fingerprint density at radius 1 is 1.23 bits per heavy atom. The average molecular weight is 427 g/mol. The summed E-state index contributed by atoms with van der Waals surface area (Å²) in [4.78, 5) is 30.4. The van der Waals surface area contributed by atoms with E-state index in [1.165, 1.54) is 4.68 Å². The summed E-state index contributed by atoms with van der Waals surface area (Å²) in [7, 11) is 0. The fourth-order valence-corrected chi connectivity index (χ4v) is 3.87. The van der Waals surface area contributed by atoms with Crippen molar-refractivity contribution in [1.82, 2.24) is 24.2 Å². The molecule has 0 atom stereocenters. The summed E-state index contributed by atoms with van der Waals surface area (Å²) in [5.41, 5.74) is 2.30. The predicted octanol–water partition coefficient (Wildman–Crippen LogP) is 1.73. The van der Waals surface area contributed by atoms with Crippen LogP contribution in [0.4, 0.5) is 11.6 Å². The largest absolute Gasteiger partial charge is 0.379 e. The van der Waals surface area contributed by atoms with Gasteiger partial charge >= 0.3 is 5.69 Å². The van der Waals surface area contributed by atoms with Crippen LogP contribution in [0.1, 0.15) is 11.4 Å². The third-order valence-electron chi connectivity index (χ3n) is 5.47. The summed E-state index contributed by atoms with van der Waals surface area (Å²) in [6, 6.07) is 7.72. The number of imidazole rings is 1. The van der Waals surface area contributed by atoms with E-state index in [9.17, 15) is 14.9 Å². The minimum atomic E-state index is -0.475. The number of benzene rings is 1. The van der Waals surface area contributed by atoms with Gasteiger partial charge in [0.1, 0.15) is 17.9 Å². The Balaban J connectivity index is 1.53. The second-order valence-electron chi connectivity index (χ2n) is 7.51. The summed E-state index contributed by atoms with van der Waals surface area (Å²) in [6.45, 7) is 7.71. The topological polar surface area (TPSA) is 120 Å². The van der Waals surface area contributed by atoms with Crippen molar-refractivity contribution in [3.63, 3.8) is 0 Å². The number of nitrogens with one attached hydrogen (secondary N) is 1. The van der Waals surface area contributed by atoms with Crippen molar-refractivity contribution in [3.05, 3.63) is 45.8 Å². The average Bonchev–Trinajstić information content (AvgIpc) is 3.22. The molecule has 11 nitrogen and oxygen atoms in total. The molecule has 31 heavy (non-hydrogen) atoms. The van der Waals surface area contributed by atoms with Gasteiger partial charge in [-0.3, -0.25) is 29.8 Å². The van der Waals surface area contributed by atoms with Crippen molar-refractivity contribution < 1.29 is 14.5 Å². The number of morpholine rings is 1. The van der Waals surface area contributed by atoms with Gasteiger partial charge in [0, 0.05) is 26.2 Å². The number of fused-ring (bicyclic) bond motifs is 1. The zero-order chi connectivity index (χ0) is 22.0. The molecule has 1 saturated heterocycles. The number of amides is 1. The van der Waals surface area contributed by atoms with Gasteiger partial charge < -0.3 is 9.30 Å². The van der Waals surface area contributed by atoms with Crippen molar-refractivity contribution in [2.24, 2.45) is 0 Å². The number of para-hydroxylation sites is 2. The summed E-state index contributed by atoms with van der Waals surface area (Å²) in [5.74, 6) is 0.110. The molecule has 0 aliphatic carbocycles. The highest BCUT2D eigenvalue weighted by atomic mass is 16.6. The van der Waals surface area contributed by atoms with Gasteiger partial charge in [0.2, 0.25) is 11.9 Å². The molecule has 1 fully saturated rings. The Morgan fingerprint density at radius 3 is 2.68 bits per heavy atom. The fraction of sp³-hybridized carbons (Fsp3) is 0.450. The maximum Gasteiger partial charge on any atom is 0.312 e. The third kappa shape index (κ3) is 4.42. The maximum absolute atomic E-state index is 12.7. The maximum atomic E-state index is 12.7. The first-order valence-electron chi connectivity index (χ1n) is 10.2. The standard InChI is InChI=1S/C20H25N7O4/c1-14-19(27(29)30)15(2)26(23-14)13-18(28)22-20-21-16-5-3-4-6-17(16)25(20)8-7-24-9-11-31-12-10-24/h3-6H,7-13H2,1-2H3,(H,21,22,28). The minimum absolute atomic E-state index is 0.0643. The number of nitro groups is 1. The Morgan fingerprint density at radius 2 is 1.97 bits per heavy atom. The summed E-state index contributed by atoms with van der Waals surface area (Å²) in [5, 5.41) is 18.2. The summed E-state index contributed by atoms with van der Waals surface area (Å²) < 4.78 is 8.75. The molecule has 164 valence electrons. The van der Waals surface area contributed by atoms with Crippen LogP contribution in [-0.4, -0.2) is 67.9 Å². The number of rotatable bonds is 7.